The molecule has 2 aliphatic heterocycles. The highest BCUT2D eigenvalue weighted by Crippen LogP contribution is 2.31. The van der Waals surface area contributed by atoms with Crippen LogP contribution in [0, 0.1) is 0 Å². The molecule has 0 amide bonds. The highest BCUT2D eigenvalue weighted by Gasteiger charge is 2.25. The number of piperazine rings is 1. The van der Waals surface area contributed by atoms with E-state index in [1.807, 2.05) is 24.3 Å². The molecule has 2 N–H and O–H groups in total. The van der Waals surface area contributed by atoms with Gasteiger partial charge in [0, 0.05) is 39.3 Å². The third-order valence-corrected chi connectivity index (χ3v) is 4.17. The zero-order chi connectivity index (χ0) is 15.4. The van der Waals surface area contributed by atoms with Gasteiger partial charge >= 0.3 is 0 Å². The summed E-state index contributed by atoms with van der Waals surface area (Å²) in [6.45, 7) is 5.50. The molecule has 6 nitrogen and oxygen atoms in total. The molecular weight excluding hydrogens is 355 g/mol. The summed E-state index contributed by atoms with van der Waals surface area (Å²) in [5.41, 5.74) is 0. The molecule has 0 saturated carbocycles. The summed E-state index contributed by atoms with van der Waals surface area (Å²) in [5, 5.41) is 18.4. The molecule has 3 rings (SSSR count). The minimum absolute atomic E-state index is 0. The fourth-order valence-electron chi connectivity index (χ4n) is 2.95. The Kier molecular flexibility index (Phi) is 9.12. The second kappa shape index (κ2) is 10.3. The Labute approximate surface area is 155 Å². The lowest BCUT2D eigenvalue weighted by molar-refractivity contribution is 0.0191. The topological polar surface area (TPSA) is 65.4 Å². The second-order valence-corrected chi connectivity index (χ2v) is 5.94. The van der Waals surface area contributed by atoms with E-state index >= 15 is 0 Å². The van der Waals surface area contributed by atoms with Gasteiger partial charge in [0.15, 0.2) is 11.5 Å². The number of hydrogen-bond donors (Lipinski definition) is 2. The number of para-hydroxylation sites is 2. The van der Waals surface area contributed by atoms with Gasteiger partial charge in [-0.1, -0.05) is 12.1 Å². The number of benzene rings is 1. The summed E-state index contributed by atoms with van der Waals surface area (Å²) < 4.78 is 11.7. The third kappa shape index (κ3) is 5.65. The smallest absolute Gasteiger partial charge is 0.161 e. The van der Waals surface area contributed by atoms with Gasteiger partial charge < -0.3 is 19.7 Å². The summed E-state index contributed by atoms with van der Waals surface area (Å²) in [6, 6.07) is 7.77. The summed E-state index contributed by atoms with van der Waals surface area (Å²) in [5.74, 6) is 1.64. The molecule has 1 fully saturated rings. The van der Waals surface area contributed by atoms with Crippen LogP contribution in [0.3, 0.4) is 0 Å². The molecule has 1 aromatic rings. The van der Waals surface area contributed by atoms with E-state index < -0.39 is 6.10 Å². The van der Waals surface area contributed by atoms with Gasteiger partial charge in [0.1, 0.15) is 12.7 Å². The largest absolute Gasteiger partial charge is 0.486 e. The molecular formula is C16H26Cl2N2O4. The Morgan fingerprint density at radius 1 is 1.04 bits per heavy atom. The third-order valence-electron chi connectivity index (χ3n) is 4.17. The Bertz CT molecular complexity index is 487. The first-order chi connectivity index (χ1) is 10.7. The van der Waals surface area contributed by atoms with E-state index in [0.29, 0.717) is 13.2 Å². The first-order valence-corrected chi connectivity index (χ1v) is 7.86. The van der Waals surface area contributed by atoms with E-state index in [4.69, 9.17) is 14.6 Å². The van der Waals surface area contributed by atoms with Crippen molar-refractivity contribution in [3.8, 4) is 11.5 Å². The average Bonchev–Trinajstić information content (AvgIpc) is 2.56. The average molecular weight is 381 g/mol. The van der Waals surface area contributed by atoms with Crippen molar-refractivity contribution in [1.29, 1.82) is 0 Å². The van der Waals surface area contributed by atoms with Crippen molar-refractivity contribution in [3.63, 3.8) is 0 Å². The minimum atomic E-state index is -0.641. The van der Waals surface area contributed by atoms with Gasteiger partial charge in [-0.05, 0) is 12.1 Å². The predicted molar refractivity (Wildman–Crippen MR) is 96.8 cm³/mol. The van der Waals surface area contributed by atoms with Crippen molar-refractivity contribution in [2.24, 2.45) is 0 Å². The van der Waals surface area contributed by atoms with Crippen LogP contribution in [0.1, 0.15) is 0 Å². The Morgan fingerprint density at radius 3 is 2.33 bits per heavy atom. The molecule has 1 aromatic carbocycles. The summed E-state index contributed by atoms with van der Waals surface area (Å²) in [4.78, 5) is 4.55. The number of fused-ring (bicyclic) bond motifs is 1. The second-order valence-electron chi connectivity index (χ2n) is 5.94. The van der Waals surface area contributed by atoms with Crippen LogP contribution in [0.15, 0.2) is 24.3 Å². The van der Waals surface area contributed by atoms with Crippen LogP contribution in [0.25, 0.3) is 0 Å². The van der Waals surface area contributed by atoms with Crippen molar-refractivity contribution in [2.75, 3.05) is 52.5 Å². The molecule has 8 heteroatoms. The predicted octanol–water partition coefficient (Wildman–Crippen LogP) is 0.641. The molecule has 1 saturated heterocycles. The lowest BCUT2D eigenvalue weighted by atomic mass is 10.2. The number of hydrogen-bond acceptors (Lipinski definition) is 6. The standard InChI is InChI=1S/C16H24N2O4.2ClH/c19-11-13(20)9-17-5-7-18(8-6-17)10-14-12-21-15-3-1-2-4-16(15)22-14;;/h1-4,13-14,19-20H,5-12H2;2*1H. The van der Waals surface area contributed by atoms with Crippen LogP contribution < -0.4 is 9.47 Å². The van der Waals surface area contributed by atoms with Crippen LogP contribution in [0.2, 0.25) is 0 Å². The first kappa shape index (κ1) is 21.3. The Hall–Kier alpha value is -0.760. The lowest BCUT2D eigenvalue weighted by Crippen LogP contribution is -2.52. The van der Waals surface area contributed by atoms with Crippen LogP contribution in [0.5, 0.6) is 11.5 Å². The maximum atomic E-state index is 9.49. The van der Waals surface area contributed by atoms with Gasteiger partial charge in [0.2, 0.25) is 0 Å². The first-order valence-electron chi connectivity index (χ1n) is 7.86. The molecule has 0 bridgehead atoms. The van der Waals surface area contributed by atoms with Crippen molar-refractivity contribution in [2.45, 2.75) is 12.2 Å². The number of β-amino-alcohol motifs (C(OH)–C–C–N with tert-alkyl or cyclic N) is 1. The molecule has 138 valence electrons. The van der Waals surface area contributed by atoms with E-state index in [0.717, 1.165) is 44.2 Å². The Balaban J connectivity index is 0.00000144. The molecule has 0 aliphatic carbocycles. The Morgan fingerprint density at radius 2 is 1.67 bits per heavy atom. The minimum Gasteiger partial charge on any atom is -0.486 e. The van der Waals surface area contributed by atoms with Crippen molar-refractivity contribution in [3.05, 3.63) is 24.3 Å². The van der Waals surface area contributed by atoms with Gasteiger partial charge in [0.25, 0.3) is 0 Å². The summed E-state index contributed by atoms with van der Waals surface area (Å²) >= 11 is 0. The normalized spacial score (nSPS) is 22.2. The van der Waals surface area contributed by atoms with Crippen molar-refractivity contribution < 1.29 is 19.7 Å². The number of rotatable bonds is 5. The van der Waals surface area contributed by atoms with Gasteiger partial charge in [-0.15, -0.1) is 24.8 Å². The number of aliphatic hydroxyl groups excluding tert-OH is 2. The molecule has 0 aromatic heterocycles. The van der Waals surface area contributed by atoms with Gasteiger partial charge in [-0.3, -0.25) is 9.80 Å². The van der Waals surface area contributed by atoms with Gasteiger partial charge in [-0.2, -0.15) is 0 Å². The molecule has 2 heterocycles. The van der Waals surface area contributed by atoms with Crippen molar-refractivity contribution in [1.82, 2.24) is 9.80 Å². The summed E-state index contributed by atoms with van der Waals surface area (Å²) in [7, 11) is 0. The molecule has 0 radical (unpaired) electrons. The molecule has 2 atom stereocenters. The van der Waals surface area contributed by atoms with Crippen LogP contribution in [-0.4, -0.2) is 84.7 Å². The fraction of sp³-hybridized carbons (Fsp3) is 0.625. The van der Waals surface area contributed by atoms with Crippen LogP contribution in [0.4, 0.5) is 0 Å². The highest BCUT2D eigenvalue weighted by atomic mass is 35.5. The van der Waals surface area contributed by atoms with Crippen molar-refractivity contribution >= 4 is 24.8 Å². The fourth-order valence-corrected chi connectivity index (χ4v) is 2.95. The van der Waals surface area contributed by atoms with Crippen LogP contribution in [-0.2, 0) is 0 Å². The quantitative estimate of drug-likeness (QED) is 0.781. The van der Waals surface area contributed by atoms with E-state index in [1.54, 1.807) is 0 Å². The number of nitrogens with zero attached hydrogens (tertiary/aromatic N) is 2. The molecule has 2 aliphatic rings. The molecule has 2 unspecified atom stereocenters. The van der Waals surface area contributed by atoms with Crippen LogP contribution >= 0.6 is 24.8 Å². The van der Waals surface area contributed by atoms with Gasteiger partial charge in [0.05, 0.1) is 12.7 Å². The monoisotopic (exact) mass is 380 g/mol. The lowest BCUT2D eigenvalue weighted by Gasteiger charge is -2.37. The number of ether oxygens (including phenoxy) is 2. The van der Waals surface area contributed by atoms with Gasteiger partial charge in [-0.25, -0.2) is 0 Å². The van der Waals surface area contributed by atoms with E-state index in [2.05, 4.69) is 9.80 Å². The zero-order valence-electron chi connectivity index (χ0n) is 13.5. The maximum absolute atomic E-state index is 9.49. The number of halogens is 2. The highest BCUT2D eigenvalue weighted by molar-refractivity contribution is 5.85. The molecule has 24 heavy (non-hydrogen) atoms. The van der Waals surface area contributed by atoms with E-state index in [9.17, 15) is 5.11 Å². The maximum Gasteiger partial charge on any atom is 0.161 e. The number of aliphatic hydroxyl groups is 2. The molecule has 0 spiro atoms. The SMILES string of the molecule is Cl.Cl.OCC(O)CN1CCN(CC2COc3ccccc3O2)CC1. The van der Waals surface area contributed by atoms with E-state index in [-0.39, 0.29) is 37.5 Å². The van der Waals surface area contributed by atoms with E-state index in [1.165, 1.54) is 0 Å². The zero-order valence-corrected chi connectivity index (χ0v) is 15.2. The summed E-state index contributed by atoms with van der Waals surface area (Å²) in [6.07, 6.45) is -0.581.